The fraction of sp³-hybridized carbons (Fsp3) is 0.588. The van der Waals surface area contributed by atoms with Gasteiger partial charge in [-0.1, -0.05) is 18.2 Å². The molecule has 0 bridgehead atoms. The summed E-state index contributed by atoms with van der Waals surface area (Å²) >= 11 is 0. The monoisotopic (exact) mass is 369 g/mol. The van der Waals surface area contributed by atoms with Gasteiger partial charge >= 0.3 is 6.03 Å². The minimum atomic E-state index is -3.42. The van der Waals surface area contributed by atoms with Gasteiger partial charge < -0.3 is 15.4 Å². The van der Waals surface area contributed by atoms with E-state index in [9.17, 15) is 13.2 Å². The molecule has 2 amide bonds. The van der Waals surface area contributed by atoms with Gasteiger partial charge in [0.25, 0.3) is 0 Å². The Bertz CT molecular complexity index is 690. The summed E-state index contributed by atoms with van der Waals surface area (Å²) in [4.78, 5) is 12.0. The van der Waals surface area contributed by atoms with Gasteiger partial charge in [-0.05, 0) is 38.8 Å². The topological polar surface area (TPSA) is 87.7 Å². The van der Waals surface area contributed by atoms with Crippen molar-refractivity contribution in [1.82, 2.24) is 9.62 Å². The van der Waals surface area contributed by atoms with Gasteiger partial charge in [0.1, 0.15) is 0 Å². The zero-order valence-corrected chi connectivity index (χ0v) is 16.0. The van der Waals surface area contributed by atoms with Gasteiger partial charge in [-0.15, -0.1) is 0 Å². The predicted molar refractivity (Wildman–Crippen MR) is 98.3 cm³/mol. The number of para-hydroxylation sites is 1. The SMILES string of the molecule is Cc1cccc(C)c1NC(=O)NCCS(=O)(=O)N1C[C@H](C)O[C@@H](C)C1. The summed E-state index contributed by atoms with van der Waals surface area (Å²) in [6.07, 6.45) is -0.252. The van der Waals surface area contributed by atoms with E-state index in [0.717, 1.165) is 16.8 Å². The highest BCUT2D eigenvalue weighted by atomic mass is 32.2. The molecule has 0 unspecified atom stereocenters. The van der Waals surface area contributed by atoms with E-state index in [1.165, 1.54) is 4.31 Å². The lowest BCUT2D eigenvalue weighted by Crippen LogP contribution is -2.49. The molecule has 2 rings (SSSR count). The highest BCUT2D eigenvalue weighted by molar-refractivity contribution is 7.89. The molecule has 2 N–H and O–H groups in total. The van der Waals surface area contributed by atoms with Crippen LogP contribution in [0.15, 0.2) is 18.2 Å². The minimum absolute atomic E-state index is 0.0548. The molecule has 1 heterocycles. The van der Waals surface area contributed by atoms with Crippen LogP contribution in [0, 0.1) is 13.8 Å². The summed E-state index contributed by atoms with van der Waals surface area (Å²) in [6.45, 7) is 8.28. The van der Waals surface area contributed by atoms with E-state index < -0.39 is 16.1 Å². The van der Waals surface area contributed by atoms with Crippen LogP contribution >= 0.6 is 0 Å². The first-order valence-electron chi connectivity index (χ1n) is 8.43. The maximum Gasteiger partial charge on any atom is 0.319 e. The van der Waals surface area contributed by atoms with Crippen molar-refractivity contribution in [1.29, 1.82) is 0 Å². The molecule has 1 aliphatic heterocycles. The number of urea groups is 1. The van der Waals surface area contributed by atoms with Crippen LogP contribution in [0.1, 0.15) is 25.0 Å². The average Bonchev–Trinajstić information content (AvgIpc) is 2.50. The molecule has 0 saturated carbocycles. The second kappa shape index (κ2) is 8.16. The van der Waals surface area contributed by atoms with Crippen LogP contribution in [0.2, 0.25) is 0 Å². The Morgan fingerprint density at radius 3 is 2.32 bits per heavy atom. The highest BCUT2D eigenvalue weighted by Crippen LogP contribution is 2.19. The molecule has 8 heteroatoms. The Hall–Kier alpha value is -1.64. The van der Waals surface area contributed by atoms with E-state index in [1.807, 2.05) is 45.9 Å². The first kappa shape index (κ1) is 19.7. The Morgan fingerprint density at radius 1 is 1.20 bits per heavy atom. The normalized spacial score (nSPS) is 21.8. The number of sulfonamides is 1. The number of nitrogens with zero attached hydrogens (tertiary/aromatic N) is 1. The molecule has 140 valence electrons. The van der Waals surface area contributed by atoms with E-state index in [2.05, 4.69) is 10.6 Å². The molecule has 1 fully saturated rings. The highest BCUT2D eigenvalue weighted by Gasteiger charge is 2.30. The van der Waals surface area contributed by atoms with Crippen molar-refractivity contribution >= 4 is 21.7 Å². The Labute approximate surface area is 149 Å². The van der Waals surface area contributed by atoms with Gasteiger partial charge in [-0.2, -0.15) is 4.31 Å². The predicted octanol–water partition coefficient (Wildman–Crippen LogP) is 1.86. The number of nitrogens with one attached hydrogen (secondary N) is 2. The standard InChI is InChI=1S/C17H27N3O4S/c1-12-6-5-7-13(2)16(12)19-17(21)18-8-9-25(22,23)20-10-14(3)24-15(4)11-20/h5-7,14-15H,8-11H2,1-4H3,(H2,18,19,21)/t14-,15-/m0/s1. The summed E-state index contributed by atoms with van der Waals surface area (Å²) in [5, 5.41) is 5.40. The van der Waals surface area contributed by atoms with Crippen molar-refractivity contribution in [2.45, 2.75) is 39.9 Å². The fourth-order valence-corrected chi connectivity index (χ4v) is 4.44. The summed E-state index contributed by atoms with van der Waals surface area (Å²) < 4.78 is 31.8. The number of benzene rings is 1. The maximum absolute atomic E-state index is 12.4. The number of amides is 2. The van der Waals surface area contributed by atoms with E-state index in [-0.39, 0.29) is 24.5 Å². The van der Waals surface area contributed by atoms with Crippen LogP contribution in [0.5, 0.6) is 0 Å². The molecule has 1 saturated heterocycles. The Balaban J connectivity index is 1.86. The summed E-state index contributed by atoms with van der Waals surface area (Å²) in [6, 6.07) is 5.34. The number of hydrogen-bond donors (Lipinski definition) is 2. The van der Waals surface area contributed by atoms with Gasteiger partial charge in [0, 0.05) is 25.3 Å². The molecule has 0 radical (unpaired) electrons. The molecule has 1 aliphatic rings. The summed E-state index contributed by atoms with van der Waals surface area (Å²) in [5.74, 6) is -0.132. The van der Waals surface area contributed by atoms with Crippen molar-refractivity contribution in [2.75, 3.05) is 30.7 Å². The van der Waals surface area contributed by atoms with Crippen molar-refractivity contribution in [3.05, 3.63) is 29.3 Å². The van der Waals surface area contributed by atoms with Gasteiger partial charge in [0.15, 0.2) is 0 Å². The van der Waals surface area contributed by atoms with Gasteiger partial charge in [0.2, 0.25) is 10.0 Å². The third kappa shape index (κ3) is 5.42. The number of hydrogen-bond acceptors (Lipinski definition) is 4. The Kier molecular flexibility index (Phi) is 6.42. The zero-order valence-electron chi connectivity index (χ0n) is 15.2. The molecule has 7 nitrogen and oxygen atoms in total. The van der Waals surface area contributed by atoms with E-state index in [4.69, 9.17) is 4.74 Å². The molecule has 1 aromatic carbocycles. The third-order valence-electron chi connectivity index (χ3n) is 4.14. The lowest BCUT2D eigenvalue weighted by Gasteiger charge is -2.34. The fourth-order valence-electron chi connectivity index (χ4n) is 2.95. The number of morpholine rings is 1. The number of carbonyl (C=O) groups excluding carboxylic acids is 1. The largest absolute Gasteiger partial charge is 0.373 e. The number of anilines is 1. The number of rotatable bonds is 5. The van der Waals surface area contributed by atoms with Crippen LogP contribution in [0.25, 0.3) is 0 Å². The van der Waals surface area contributed by atoms with E-state index >= 15 is 0 Å². The van der Waals surface area contributed by atoms with Gasteiger partial charge in [-0.25, -0.2) is 13.2 Å². The van der Waals surface area contributed by atoms with Crippen LogP contribution in [0.4, 0.5) is 10.5 Å². The zero-order chi connectivity index (χ0) is 18.6. The molecular formula is C17H27N3O4S. The molecule has 0 spiro atoms. The van der Waals surface area contributed by atoms with Gasteiger partial charge in [-0.3, -0.25) is 0 Å². The van der Waals surface area contributed by atoms with Crippen molar-refractivity contribution in [3.63, 3.8) is 0 Å². The van der Waals surface area contributed by atoms with Crippen molar-refractivity contribution < 1.29 is 17.9 Å². The van der Waals surface area contributed by atoms with Crippen molar-refractivity contribution in [2.24, 2.45) is 0 Å². The second-order valence-electron chi connectivity index (χ2n) is 6.54. The first-order valence-corrected chi connectivity index (χ1v) is 10.0. The molecule has 0 aromatic heterocycles. The molecule has 1 aromatic rings. The molecular weight excluding hydrogens is 342 g/mol. The van der Waals surface area contributed by atoms with Crippen LogP contribution < -0.4 is 10.6 Å². The number of carbonyl (C=O) groups is 1. The minimum Gasteiger partial charge on any atom is -0.373 e. The van der Waals surface area contributed by atoms with Gasteiger partial charge in [0.05, 0.1) is 18.0 Å². The van der Waals surface area contributed by atoms with Crippen molar-refractivity contribution in [3.8, 4) is 0 Å². The number of ether oxygens (including phenoxy) is 1. The van der Waals surface area contributed by atoms with Crippen LogP contribution in [-0.4, -0.2) is 56.3 Å². The quantitative estimate of drug-likeness (QED) is 0.829. The average molecular weight is 369 g/mol. The molecule has 0 aliphatic carbocycles. The molecule has 2 atom stereocenters. The maximum atomic E-state index is 12.4. The summed E-state index contributed by atoms with van der Waals surface area (Å²) in [7, 11) is -3.42. The van der Waals surface area contributed by atoms with Crippen LogP contribution in [-0.2, 0) is 14.8 Å². The van der Waals surface area contributed by atoms with E-state index in [0.29, 0.717) is 13.1 Å². The lowest BCUT2D eigenvalue weighted by atomic mass is 10.1. The molecule has 25 heavy (non-hydrogen) atoms. The smallest absolute Gasteiger partial charge is 0.319 e. The first-order chi connectivity index (χ1) is 11.7. The number of aryl methyl sites for hydroxylation is 2. The van der Waals surface area contributed by atoms with Crippen LogP contribution in [0.3, 0.4) is 0 Å². The third-order valence-corrected chi connectivity index (χ3v) is 5.95. The second-order valence-corrected chi connectivity index (χ2v) is 8.63. The lowest BCUT2D eigenvalue weighted by molar-refractivity contribution is -0.0440. The summed E-state index contributed by atoms with van der Waals surface area (Å²) in [5.41, 5.74) is 2.66. The Morgan fingerprint density at radius 2 is 1.76 bits per heavy atom. The van der Waals surface area contributed by atoms with E-state index in [1.54, 1.807) is 0 Å².